The zero-order chi connectivity index (χ0) is 9.84. The van der Waals surface area contributed by atoms with E-state index in [0.717, 1.165) is 26.1 Å². The molecule has 2 atom stereocenters. The fourth-order valence-electron chi connectivity index (χ4n) is 1.63. The number of piperazine rings is 1. The normalized spacial score (nSPS) is 25.8. The van der Waals surface area contributed by atoms with Crippen LogP contribution < -0.4 is 5.32 Å². The molecule has 0 aliphatic carbocycles. The van der Waals surface area contributed by atoms with E-state index in [2.05, 4.69) is 19.2 Å². The average Bonchev–Trinajstić information content (AvgIpc) is 2.16. The maximum absolute atomic E-state index is 11.8. The molecule has 0 aromatic heterocycles. The van der Waals surface area contributed by atoms with Crippen LogP contribution in [0.25, 0.3) is 0 Å². The number of nitrogens with one attached hydrogen (secondary N) is 1. The SMILES string of the molecule is CC[C@@H](C)C(=O)N1CCNC[C@@H]1C. The van der Waals surface area contributed by atoms with Gasteiger partial charge in [0.15, 0.2) is 0 Å². The lowest BCUT2D eigenvalue weighted by Crippen LogP contribution is -2.53. The van der Waals surface area contributed by atoms with Gasteiger partial charge in [-0.15, -0.1) is 0 Å². The maximum Gasteiger partial charge on any atom is 0.225 e. The van der Waals surface area contributed by atoms with Gasteiger partial charge in [0.25, 0.3) is 0 Å². The van der Waals surface area contributed by atoms with E-state index in [9.17, 15) is 4.79 Å². The minimum absolute atomic E-state index is 0.181. The predicted molar refractivity (Wildman–Crippen MR) is 53.5 cm³/mol. The molecule has 1 aliphatic rings. The molecule has 1 heterocycles. The smallest absolute Gasteiger partial charge is 0.225 e. The topological polar surface area (TPSA) is 32.3 Å². The van der Waals surface area contributed by atoms with Gasteiger partial charge in [0.2, 0.25) is 5.91 Å². The second-order valence-electron chi connectivity index (χ2n) is 3.89. The summed E-state index contributed by atoms with van der Waals surface area (Å²) in [7, 11) is 0. The fourth-order valence-corrected chi connectivity index (χ4v) is 1.63. The molecule has 13 heavy (non-hydrogen) atoms. The van der Waals surface area contributed by atoms with Gasteiger partial charge < -0.3 is 10.2 Å². The van der Waals surface area contributed by atoms with Crippen LogP contribution >= 0.6 is 0 Å². The van der Waals surface area contributed by atoms with Crippen LogP contribution in [0.2, 0.25) is 0 Å². The molecule has 0 aromatic rings. The summed E-state index contributed by atoms with van der Waals surface area (Å²) in [4.78, 5) is 13.8. The highest BCUT2D eigenvalue weighted by atomic mass is 16.2. The van der Waals surface area contributed by atoms with Gasteiger partial charge in [0, 0.05) is 31.6 Å². The summed E-state index contributed by atoms with van der Waals surface area (Å²) in [5.41, 5.74) is 0. The van der Waals surface area contributed by atoms with Crippen LogP contribution in [0.5, 0.6) is 0 Å². The number of carbonyl (C=O) groups is 1. The summed E-state index contributed by atoms with van der Waals surface area (Å²) in [6, 6.07) is 0.357. The highest BCUT2D eigenvalue weighted by Gasteiger charge is 2.25. The van der Waals surface area contributed by atoms with Gasteiger partial charge >= 0.3 is 0 Å². The van der Waals surface area contributed by atoms with Gasteiger partial charge in [0.1, 0.15) is 0 Å². The molecule has 3 nitrogen and oxygen atoms in total. The zero-order valence-corrected chi connectivity index (χ0v) is 8.84. The second-order valence-corrected chi connectivity index (χ2v) is 3.89. The summed E-state index contributed by atoms with van der Waals surface area (Å²) < 4.78 is 0. The Hall–Kier alpha value is -0.570. The number of amides is 1. The summed E-state index contributed by atoms with van der Waals surface area (Å²) >= 11 is 0. The molecule has 0 unspecified atom stereocenters. The number of hydrogen-bond donors (Lipinski definition) is 1. The minimum Gasteiger partial charge on any atom is -0.337 e. The van der Waals surface area contributed by atoms with Crippen molar-refractivity contribution in [3.05, 3.63) is 0 Å². The first-order valence-corrected chi connectivity index (χ1v) is 5.18. The zero-order valence-electron chi connectivity index (χ0n) is 8.84. The second kappa shape index (κ2) is 4.61. The van der Waals surface area contributed by atoms with Gasteiger partial charge in [-0.05, 0) is 13.3 Å². The third-order valence-corrected chi connectivity index (χ3v) is 2.82. The molecular formula is C10H20N2O. The monoisotopic (exact) mass is 184 g/mol. The Morgan fingerprint density at radius 2 is 2.38 bits per heavy atom. The van der Waals surface area contributed by atoms with Crippen molar-refractivity contribution in [3.8, 4) is 0 Å². The molecule has 0 saturated carbocycles. The van der Waals surface area contributed by atoms with Crippen LogP contribution in [0, 0.1) is 5.92 Å². The number of nitrogens with zero attached hydrogens (tertiary/aromatic N) is 1. The predicted octanol–water partition coefficient (Wildman–Crippen LogP) is 0.853. The Labute approximate surface area is 80.5 Å². The summed E-state index contributed by atoms with van der Waals surface area (Å²) in [6.07, 6.45) is 0.940. The van der Waals surface area contributed by atoms with Crippen LogP contribution in [0.15, 0.2) is 0 Å². The molecule has 0 radical (unpaired) electrons. The van der Waals surface area contributed by atoms with E-state index in [1.807, 2.05) is 11.8 Å². The standard InChI is InChI=1S/C10H20N2O/c1-4-8(2)10(13)12-6-5-11-7-9(12)3/h8-9,11H,4-7H2,1-3H3/t8-,9+/m1/s1. The maximum atomic E-state index is 11.8. The van der Waals surface area contributed by atoms with E-state index in [1.54, 1.807) is 0 Å². The van der Waals surface area contributed by atoms with Crippen LogP contribution in [0.4, 0.5) is 0 Å². The molecule has 1 N–H and O–H groups in total. The first-order chi connectivity index (χ1) is 6.16. The molecule has 1 aliphatic heterocycles. The van der Waals surface area contributed by atoms with Crippen molar-refractivity contribution in [2.24, 2.45) is 5.92 Å². The van der Waals surface area contributed by atoms with E-state index in [1.165, 1.54) is 0 Å². The fraction of sp³-hybridized carbons (Fsp3) is 0.900. The number of hydrogen-bond acceptors (Lipinski definition) is 2. The quantitative estimate of drug-likeness (QED) is 0.690. The Bertz CT molecular complexity index is 182. The third kappa shape index (κ3) is 2.44. The number of rotatable bonds is 2. The summed E-state index contributed by atoms with van der Waals surface area (Å²) in [5.74, 6) is 0.497. The van der Waals surface area contributed by atoms with E-state index >= 15 is 0 Å². The molecule has 0 spiro atoms. The molecule has 76 valence electrons. The summed E-state index contributed by atoms with van der Waals surface area (Å²) in [6.45, 7) is 8.91. The number of carbonyl (C=O) groups excluding carboxylic acids is 1. The average molecular weight is 184 g/mol. The largest absolute Gasteiger partial charge is 0.337 e. The first-order valence-electron chi connectivity index (χ1n) is 5.18. The minimum atomic E-state index is 0.181. The molecule has 0 aromatic carbocycles. The molecule has 1 fully saturated rings. The molecule has 3 heteroatoms. The molecular weight excluding hydrogens is 164 g/mol. The summed E-state index contributed by atoms with van der Waals surface area (Å²) in [5, 5.41) is 3.28. The van der Waals surface area contributed by atoms with Crippen molar-refractivity contribution >= 4 is 5.91 Å². The molecule has 0 bridgehead atoms. The van der Waals surface area contributed by atoms with Gasteiger partial charge in [-0.3, -0.25) is 4.79 Å². The van der Waals surface area contributed by atoms with Crippen molar-refractivity contribution in [1.82, 2.24) is 10.2 Å². The Balaban J connectivity index is 2.53. The third-order valence-electron chi connectivity index (χ3n) is 2.82. The van der Waals surface area contributed by atoms with Crippen molar-refractivity contribution in [1.29, 1.82) is 0 Å². The molecule has 1 saturated heterocycles. The lowest BCUT2D eigenvalue weighted by atomic mass is 10.1. The lowest BCUT2D eigenvalue weighted by molar-refractivity contribution is -0.137. The van der Waals surface area contributed by atoms with Crippen molar-refractivity contribution in [2.45, 2.75) is 33.2 Å². The van der Waals surface area contributed by atoms with Crippen LogP contribution in [-0.2, 0) is 4.79 Å². The first kappa shape index (κ1) is 10.5. The van der Waals surface area contributed by atoms with E-state index in [-0.39, 0.29) is 5.92 Å². The Kier molecular flexibility index (Phi) is 3.72. The van der Waals surface area contributed by atoms with Crippen molar-refractivity contribution in [3.63, 3.8) is 0 Å². The Morgan fingerprint density at radius 1 is 1.69 bits per heavy atom. The Morgan fingerprint density at radius 3 is 2.92 bits per heavy atom. The van der Waals surface area contributed by atoms with E-state index in [4.69, 9.17) is 0 Å². The van der Waals surface area contributed by atoms with Crippen LogP contribution in [0.3, 0.4) is 0 Å². The van der Waals surface area contributed by atoms with Gasteiger partial charge in [0.05, 0.1) is 0 Å². The molecule has 1 amide bonds. The van der Waals surface area contributed by atoms with Gasteiger partial charge in [-0.1, -0.05) is 13.8 Å². The van der Waals surface area contributed by atoms with E-state index < -0.39 is 0 Å². The van der Waals surface area contributed by atoms with Crippen molar-refractivity contribution < 1.29 is 4.79 Å². The van der Waals surface area contributed by atoms with E-state index in [0.29, 0.717) is 11.9 Å². The van der Waals surface area contributed by atoms with Crippen LogP contribution in [0.1, 0.15) is 27.2 Å². The van der Waals surface area contributed by atoms with Gasteiger partial charge in [-0.25, -0.2) is 0 Å². The highest BCUT2D eigenvalue weighted by Crippen LogP contribution is 2.11. The molecule has 1 rings (SSSR count). The lowest BCUT2D eigenvalue weighted by Gasteiger charge is -2.35. The highest BCUT2D eigenvalue weighted by molar-refractivity contribution is 5.78. The van der Waals surface area contributed by atoms with Crippen molar-refractivity contribution in [2.75, 3.05) is 19.6 Å². The van der Waals surface area contributed by atoms with Gasteiger partial charge in [-0.2, -0.15) is 0 Å². The van der Waals surface area contributed by atoms with Crippen LogP contribution in [-0.4, -0.2) is 36.5 Å².